The molecule has 32 heavy (non-hydrogen) atoms. The van der Waals surface area contributed by atoms with E-state index >= 15 is 0 Å². The molecule has 0 saturated carbocycles. The van der Waals surface area contributed by atoms with Gasteiger partial charge in [-0.3, -0.25) is 4.79 Å². The Labute approximate surface area is 181 Å². The molecule has 0 fully saturated rings. The number of carbonyl (C=O) groups is 2. The molecule has 0 aliphatic heterocycles. The van der Waals surface area contributed by atoms with Crippen molar-refractivity contribution < 1.29 is 32.2 Å². The number of rotatable bonds is 7. The smallest absolute Gasteiger partial charge is 0.434 e. The maximum absolute atomic E-state index is 13.6. The van der Waals surface area contributed by atoms with Crippen molar-refractivity contribution in [3.05, 3.63) is 77.1 Å². The molecule has 2 aromatic carbocycles. The molecular formula is C22H20F3N3O4. The number of halogens is 3. The van der Waals surface area contributed by atoms with Crippen molar-refractivity contribution in [3.63, 3.8) is 0 Å². The predicted octanol–water partition coefficient (Wildman–Crippen LogP) is 4.47. The van der Waals surface area contributed by atoms with Gasteiger partial charge in [0.25, 0.3) is 5.91 Å². The van der Waals surface area contributed by atoms with Crippen LogP contribution in [0.3, 0.4) is 0 Å². The summed E-state index contributed by atoms with van der Waals surface area (Å²) in [6.07, 6.45) is -4.03. The predicted molar refractivity (Wildman–Crippen MR) is 110 cm³/mol. The lowest BCUT2D eigenvalue weighted by molar-refractivity contribution is -0.143. The van der Waals surface area contributed by atoms with Gasteiger partial charge in [-0.1, -0.05) is 12.1 Å². The molecule has 7 nitrogen and oxygen atoms in total. The summed E-state index contributed by atoms with van der Waals surface area (Å²) in [5.74, 6) is -1.55. The van der Waals surface area contributed by atoms with E-state index < -0.39 is 29.3 Å². The molecule has 1 amide bonds. The van der Waals surface area contributed by atoms with Gasteiger partial charge in [0.15, 0.2) is 5.69 Å². The van der Waals surface area contributed by atoms with E-state index in [4.69, 9.17) is 9.47 Å². The molecule has 0 aliphatic carbocycles. The largest absolute Gasteiger partial charge is 0.462 e. The summed E-state index contributed by atoms with van der Waals surface area (Å²) >= 11 is 0. The summed E-state index contributed by atoms with van der Waals surface area (Å²) in [5.41, 5.74) is -0.237. The number of aromatic nitrogens is 2. The Kier molecular flexibility index (Phi) is 6.94. The molecule has 10 heteroatoms. The van der Waals surface area contributed by atoms with Crippen LogP contribution in [0.2, 0.25) is 0 Å². The van der Waals surface area contributed by atoms with Crippen molar-refractivity contribution in [3.8, 4) is 5.69 Å². The van der Waals surface area contributed by atoms with Crippen LogP contribution in [0.25, 0.3) is 5.69 Å². The number of nitrogens with one attached hydrogen (secondary N) is 1. The van der Waals surface area contributed by atoms with Crippen LogP contribution in [-0.4, -0.2) is 35.4 Å². The Morgan fingerprint density at radius 3 is 2.47 bits per heavy atom. The molecular weight excluding hydrogens is 427 g/mol. The summed E-state index contributed by atoms with van der Waals surface area (Å²) in [4.78, 5) is 24.4. The molecule has 0 spiro atoms. The van der Waals surface area contributed by atoms with E-state index in [2.05, 4.69) is 10.4 Å². The van der Waals surface area contributed by atoms with Crippen LogP contribution in [0.4, 0.5) is 18.9 Å². The number of carbonyl (C=O) groups excluding carboxylic acids is 2. The van der Waals surface area contributed by atoms with Crippen LogP contribution < -0.4 is 5.32 Å². The Morgan fingerprint density at radius 2 is 1.84 bits per heavy atom. The average Bonchev–Trinajstić information content (AvgIpc) is 3.21. The van der Waals surface area contributed by atoms with Crippen molar-refractivity contribution >= 4 is 17.6 Å². The average molecular weight is 447 g/mol. The van der Waals surface area contributed by atoms with Gasteiger partial charge < -0.3 is 14.8 Å². The fourth-order valence-corrected chi connectivity index (χ4v) is 3.04. The molecule has 1 heterocycles. The van der Waals surface area contributed by atoms with E-state index in [-0.39, 0.29) is 17.9 Å². The number of nitrogens with zero attached hydrogens (tertiary/aromatic N) is 2. The van der Waals surface area contributed by atoms with Crippen LogP contribution in [0.15, 0.2) is 54.7 Å². The molecule has 0 aliphatic rings. The van der Waals surface area contributed by atoms with Gasteiger partial charge in [0.1, 0.15) is 5.56 Å². The number of amides is 1. The second kappa shape index (κ2) is 9.65. The fourth-order valence-electron chi connectivity index (χ4n) is 3.04. The standard InChI is InChI=1S/C22H20F3N3O4/c1-3-32-21(30)18-12-26-28(19(18)22(23,24)25)17-9-7-15(8-10-17)20(29)27-16-6-4-5-14(11-16)13-31-2/h4-12H,3,13H2,1-2H3,(H,27,29). The quantitative estimate of drug-likeness (QED) is 0.541. The minimum atomic E-state index is -4.85. The van der Waals surface area contributed by atoms with E-state index in [0.717, 1.165) is 11.8 Å². The molecule has 0 unspecified atom stereocenters. The lowest BCUT2D eigenvalue weighted by Crippen LogP contribution is -2.18. The maximum Gasteiger partial charge on any atom is 0.434 e. The van der Waals surface area contributed by atoms with E-state index in [1.807, 2.05) is 6.07 Å². The van der Waals surface area contributed by atoms with Crippen molar-refractivity contribution in [2.45, 2.75) is 19.7 Å². The van der Waals surface area contributed by atoms with Gasteiger partial charge in [-0.15, -0.1) is 0 Å². The molecule has 0 atom stereocenters. The highest BCUT2D eigenvalue weighted by molar-refractivity contribution is 6.04. The van der Waals surface area contributed by atoms with Crippen LogP contribution >= 0.6 is 0 Å². The Balaban J connectivity index is 1.85. The van der Waals surface area contributed by atoms with Gasteiger partial charge in [0.05, 0.1) is 25.1 Å². The maximum atomic E-state index is 13.6. The molecule has 0 saturated heterocycles. The Morgan fingerprint density at radius 1 is 1.12 bits per heavy atom. The number of alkyl halides is 3. The molecule has 3 aromatic rings. The Bertz CT molecular complexity index is 1110. The van der Waals surface area contributed by atoms with Crippen molar-refractivity contribution in [2.75, 3.05) is 19.0 Å². The molecule has 1 aromatic heterocycles. The number of esters is 1. The van der Waals surface area contributed by atoms with Crippen LogP contribution in [0, 0.1) is 0 Å². The van der Waals surface area contributed by atoms with E-state index in [0.29, 0.717) is 17.0 Å². The van der Waals surface area contributed by atoms with E-state index in [9.17, 15) is 22.8 Å². The van der Waals surface area contributed by atoms with Crippen LogP contribution in [-0.2, 0) is 22.3 Å². The van der Waals surface area contributed by atoms with Gasteiger partial charge in [-0.25, -0.2) is 9.48 Å². The first-order valence-electron chi connectivity index (χ1n) is 9.56. The topological polar surface area (TPSA) is 82.5 Å². The number of benzene rings is 2. The second-order valence-electron chi connectivity index (χ2n) is 6.67. The number of hydrogen-bond donors (Lipinski definition) is 1. The molecule has 3 rings (SSSR count). The van der Waals surface area contributed by atoms with Gasteiger partial charge in [0.2, 0.25) is 0 Å². The normalized spacial score (nSPS) is 11.3. The fraction of sp³-hybridized carbons (Fsp3) is 0.227. The summed E-state index contributed by atoms with van der Waals surface area (Å²) in [6.45, 7) is 1.81. The Hall–Kier alpha value is -3.66. The summed E-state index contributed by atoms with van der Waals surface area (Å²) < 4.78 is 51.2. The second-order valence-corrected chi connectivity index (χ2v) is 6.67. The van der Waals surface area contributed by atoms with Crippen LogP contribution in [0.5, 0.6) is 0 Å². The third-order valence-electron chi connectivity index (χ3n) is 4.40. The lowest BCUT2D eigenvalue weighted by atomic mass is 10.1. The minimum absolute atomic E-state index is 0.0338. The van der Waals surface area contributed by atoms with E-state index in [1.165, 1.54) is 31.2 Å². The number of hydrogen-bond acceptors (Lipinski definition) is 5. The van der Waals surface area contributed by atoms with Crippen molar-refractivity contribution in [1.29, 1.82) is 0 Å². The number of methoxy groups -OCH3 is 1. The van der Waals surface area contributed by atoms with Gasteiger partial charge in [-0.2, -0.15) is 18.3 Å². The highest BCUT2D eigenvalue weighted by atomic mass is 19.4. The minimum Gasteiger partial charge on any atom is -0.462 e. The highest BCUT2D eigenvalue weighted by Gasteiger charge is 2.41. The third kappa shape index (κ3) is 5.14. The lowest BCUT2D eigenvalue weighted by Gasteiger charge is -2.13. The first kappa shape index (κ1) is 23.0. The monoisotopic (exact) mass is 447 g/mol. The zero-order valence-corrected chi connectivity index (χ0v) is 17.3. The first-order valence-corrected chi connectivity index (χ1v) is 9.56. The number of ether oxygens (including phenoxy) is 2. The van der Waals surface area contributed by atoms with Crippen molar-refractivity contribution in [1.82, 2.24) is 9.78 Å². The SMILES string of the molecule is CCOC(=O)c1cnn(-c2ccc(C(=O)Nc3cccc(COC)c3)cc2)c1C(F)(F)F. The van der Waals surface area contributed by atoms with Gasteiger partial charge >= 0.3 is 12.1 Å². The number of anilines is 1. The summed E-state index contributed by atoms with van der Waals surface area (Å²) in [5, 5.41) is 6.44. The zero-order valence-electron chi connectivity index (χ0n) is 17.3. The first-order chi connectivity index (χ1) is 15.2. The molecule has 1 N–H and O–H groups in total. The van der Waals surface area contributed by atoms with Gasteiger partial charge in [-0.05, 0) is 48.9 Å². The molecule has 0 bridgehead atoms. The van der Waals surface area contributed by atoms with Gasteiger partial charge in [0, 0.05) is 18.4 Å². The third-order valence-corrected chi connectivity index (χ3v) is 4.40. The summed E-state index contributed by atoms with van der Waals surface area (Å²) in [7, 11) is 1.56. The van der Waals surface area contributed by atoms with Crippen LogP contribution in [0.1, 0.15) is 38.9 Å². The van der Waals surface area contributed by atoms with Crippen molar-refractivity contribution in [2.24, 2.45) is 0 Å². The molecule has 0 radical (unpaired) electrons. The van der Waals surface area contributed by atoms with E-state index in [1.54, 1.807) is 25.3 Å². The highest BCUT2D eigenvalue weighted by Crippen LogP contribution is 2.34. The molecule has 168 valence electrons. The zero-order chi connectivity index (χ0) is 23.3. The summed E-state index contributed by atoms with van der Waals surface area (Å²) in [6, 6.07) is 12.4.